The van der Waals surface area contributed by atoms with E-state index in [2.05, 4.69) is 4.74 Å². The molecule has 4 nitrogen and oxygen atoms in total. The first kappa shape index (κ1) is 10.5. The molecular formula is C12H10O4. The molecule has 0 radical (unpaired) electrons. The highest BCUT2D eigenvalue weighted by Crippen LogP contribution is 2.27. The van der Waals surface area contributed by atoms with Crippen LogP contribution in [-0.2, 0) is 16.0 Å². The van der Waals surface area contributed by atoms with Crippen LogP contribution in [0.5, 0.6) is 0 Å². The van der Waals surface area contributed by atoms with Gasteiger partial charge < -0.3 is 4.74 Å². The molecule has 0 saturated carbocycles. The average Bonchev–Trinajstić information content (AvgIpc) is 2.55. The predicted molar refractivity (Wildman–Crippen MR) is 55.4 cm³/mol. The van der Waals surface area contributed by atoms with Crippen LogP contribution in [0.3, 0.4) is 0 Å². The smallest absolute Gasteiger partial charge is 0.294 e. The Balaban J connectivity index is 2.55. The van der Waals surface area contributed by atoms with E-state index in [4.69, 9.17) is 0 Å². The molecule has 1 aromatic rings. The van der Waals surface area contributed by atoms with Gasteiger partial charge in [0, 0.05) is 11.1 Å². The molecule has 1 unspecified atom stereocenters. The monoisotopic (exact) mass is 218 g/mol. The summed E-state index contributed by atoms with van der Waals surface area (Å²) in [6.07, 6.45) is -0.615. The Morgan fingerprint density at radius 3 is 2.69 bits per heavy atom. The fourth-order valence-electron chi connectivity index (χ4n) is 1.96. The Kier molecular flexibility index (Phi) is 2.56. The van der Waals surface area contributed by atoms with Gasteiger partial charge in [-0.3, -0.25) is 14.4 Å². The van der Waals surface area contributed by atoms with Crippen molar-refractivity contribution in [3.63, 3.8) is 0 Å². The molecule has 0 spiro atoms. The van der Waals surface area contributed by atoms with Crippen molar-refractivity contribution in [1.29, 1.82) is 0 Å². The first-order chi connectivity index (χ1) is 7.70. The van der Waals surface area contributed by atoms with E-state index in [0.29, 0.717) is 17.5 Å². The van der Waals surface area contributed by atoms with Crippen LogP contribution in [0.15, 0.2) is 18.2 Å². The van der Waals surface area contributed by atoms with E-state index in [1.165, 1.54) is 0 Å². The second-order valence-electron chi connectivity index (χ2n) is 3.53. The van der Waals surface area contributed by atoms with Crippen molar-refractivity contribution in [2.45, 2.75) is 19.4 Å². The first-order valence-electron chi connectivity index (χ1n) is 5.00. The first-order valence-corrected chi connectivity index (χ1v) is 5.00. The molecule has 0 amide bonds. The molecule has 1 aliphatic rings. The topological polar surface area (TPSA) is 60.4 Å². The lowest BCUT2D eigenvalue weighted by Crippen LogP contribution is -2.25. The van der Waals surface area contributed by atoms with Gasteiger partial charge in [0.2, 0.25) is 17.7 Å². The Hall–Kier alpha value is -1.97. The van der Waals surface area contributed by atoms with Crippen LogP contribution in [-0.4, -0.2) is 24.1 Å². The summed E-state index contributed by atoms with van der Waals surface area (Å²) >= 11 is 0. The lowest BCUT2D eigenvalue weighted by atomic mass is 10.0. The molecule has 0 aliphatic heterocycles. The van der Waals surface area contributed by atoms with Crippen molar-refractivity contribution in [3.8, 4) is 0 Å². The molecule has 2 rings (SSSR count). The molecule has 0 saturated heterocycles. The lowest BCUT2D eigenvalue weighted by Gasteiger charge is -2.03. The van der Waals surface area contributed by atoms with Crippen LogP contribution in [0.1, 0.15) is 33.2 Å². The van der Waals surface area contributed by atoms with Gasteiger partial charge in [0.05, 0.1) is 0 Å². The minimum atomic E-state index is -1.28. The second kappa shape index (κ2) is 3.89. The molecule has 0 bridgehead atoms. The van der Waals surface area contributed by atoms with E-state index >= 15 is 0 Å². The maximum atomic E-state index is 11.9. The number of hydrogen-bond donors (Lipinski definition) is 0. The van der Waals surface area contributed by atoms with Gasteiger partial charge >= 0.3 is 0 Å². The SMILES string of the molecule is CCc1cccc2c1C(=O)C(OC=O)C2=O. The molecule has 0 N–H and O–H groups in total. The van der Waals surface area contributed by atoms with Crippen LogP contribution in [0, 0.1) is 0 Å². The minimum absolute atomic E-state index is 0.137. The normalized spacial score (nSPS) is 18.4. The number of Topliss-reactive ketones (excluding diaryl/α,β-unsaturated/α-hetero) is 2. The van der Waals surface area contributed by atoms with E-state index in [1.807, 2.05) is 6.92 Å². The summed E-state index contributed by atoms with van der Waals surface area (Å²) < 4.78 is 4.53. The summed E-state index contributed by atoms with van der Waals surface area (Å²) in [5, 5.41) is 0. The maximum Gasteiger partial charge on any atom is 0.294 e. The van der Waals surface area contributed by atoms with Crippen molar-refractivity contribution in [2.24, 2.45) is 0 Å². The van der Waals surface area contributed by atoms with Crippen LogP contribution < -0.4 is 0 Å². The van der Waals surface area contributed by atoms with E-state index in [0.717, 1.165) is 5.56 Å². The van der Waals surface area contributed by atoms with E-state index in [9.17, 15) is 14.4 Å². The van der Waals surface area contributed by atoms with Gasteiger partial charge in [-0.2, -0.15) is 0 Å². The highest BCUT2D eigenvalue weighted by Gasteiger charge is 2.41. The zero-order valence-corrected chi connectivity index (χ0v) is 8.73. The van der Waals surface area contributed by atoms with Crippen LogP contribution >= 0.6 is 0 Å². The van der Waals surface area contributed by atoms with Crippen molar-refractivity contribution in [3.05, 3.63) is 34.9 Å². The maximum absolute atomic E-state index is 11.9. The zero-order valence-electron chi connectivity index (χ0n) is 8.73. The van der Waals surface area contributed by atoms with E-state index in [1.54, 1.807) is 18.2 Å². The van der Waals surface area contributed by atoms with Gasteiger partial charge in [-0.1, -0.05) is 25.1 Å². The molecule has 0 aromatic heterocycles. The number of carbonyl (C=O) groups is 3. The number of hydrogen-bond acceptors (Lipinski definition) is 4. The number of fused-ring (bicyclic) bond motifs is 1. The summed E-state index contributed by atoms with van der Waals surface area (Å²) in [4.78, 5) is 33.9. The van der Waals surface area contributed by atoms with Crippen molar-refractivity contribution >= 4 is 18.0 Å². The second-order valence-corrected chi connectivity index (χ2v) is 3.53. The van der Waals surface area contributed by atoms with Gasteiger partial charge in [0.1, 0.15) is 0 Å². The third-order valence-corrected chi connectivity index (χ3v) is 2.71. The van der Waals surface area contributed by atoms with Gasteiger partial charge in [-0.25, -0.2) is 0 Å². The number of aryl methyl sites for hydroxylation is 1. The van der Waals surface area contributed by atoms with Crippen LogP contribution in [0.4, 0.5) is 0 Å². The summed E-state index contributed by atoms with van der Waals surface area (Å²) in [5.74, 6) is -0.841. The van der Waals surface area contributed by atoms with E-state index in [-0.39, 0.29) is 6.47 Å². The van der Waals surface area contributed by atoms with Gasteiger partial charge in [-0.15, -0.1) is 0 Å². The molecule has 16 heavy (non-hydrogen) atoms. The van der Waals surface area contributed by atoms with Crippen molar-refractivity contribution < 1.29 is 19.1 Å². The predicted octanol–water partition coefficient (Wildman–Crippen LogP) is 1.17. The van der Waals surface area contributed by atoms with Crippen LogP contribution in [0.2, 0.25) is 0 Å². The highest BCUT2D eigenvalue weighted by atomic mass is 16.5. The Morgan fingerprint density at radius 1 is 1.31 bits per heavy atom. The van der Waals surface area contributed by atoms with Crippen LogP contribution in [0.25, 0.3) is 0 Å². The lowest BCUT2D eigenvalue weighted by molar-refractivity contribution is -0.130. The van der Waals surface area contributed by atoms with E-state index < -0.39 is 17.7 Å². The number of ether oxygens (including phenoxy) is 1. The fraction of sp³-hybridized carbons (Fsp3) is 0.250. The third kappa shape index (κ3) is 1.34. The molecular weight excluding hydrogens is 208 g/mol. The quantitative estimate of drug-likeness (QED) is 0.564. The average molecular weight is 218 g/mol. The number of carbonyl (C=O) groups excluding carboxylic acids is 3. The molecule has 82 valence electrons. The zero-order chi connectivity index (χ0) is 11.7. The Morgan fingerprint density at radius 2 is 2.06 bits per heavy atom. The summed E-state index contributed by atoms with van der Waals surface area (Å²) in [5.41, 5.74) is 1.57. The van der Waals surface area contributed by atoms with Gasteiger partial charge in [-0.05, 0) is 12.0 Å². The molecule has 0 fully saturated rings. The number of ketones is 2. The molecule has 1 atom stereocenters. The summed E-state index contributed by atoms with van der Waals surface area (Å²) in [6, 6.07) is 5.11. The molecule has 1 aliphatic carbocycles. The third-order valence-electron chi connectivity index (χ3n) is 2.71. The standard InChI is InChI=1S/C12H10O4/c1-2-7-4-3-5-8-9(7)11(15)12(10(8)14)16-6-13/h3-6,12H,2H2,1H3. The van der Waals surface area contributed by atoms with Crippen molar-refractivity contribution in [1.82, 2.24) is 0 Å². The number of rotatable bonds is 3. The minimum Gasteiger partial charge on any atom is -0.448 e. The molecule has 1 aromatic carbocycles. The van der Waals surface area contributed by atoms with Gasteiger partial charge in [0.25, 0.3) is 6.47 Å². The van der Waals surface area contributed by atoms with Crippen molar-refractivity contribution in [2.75, 3.05) is 0 Å². The Bertz CT molecular complexity index is 476. The van der Waals surface area contributed by atoms with Gasteiger partial charge in [0.15, 0.2) is 0 Å². The fourth-order valence-corrected chi connectivity index (χ4v) is 1.96. The largest absolute Gasteiger partial charge is 0.448 e. The summed E-state index contributed by atoms with van der Waals surface area (Å²) in [7, 11) is 0. The molecule has 4 heteroatoms. The Labute approximate surface area is 92.2 Å². The highest BCUT2D eigenvalue weighted by molar-refractivity contribution is 6.29. The molecule has 0 heterocycles. The number of benzene rings is 1. The summed E-state index contributed by atoms with van der Waals surface area (Å²) in [6.45, 7) is 2.04.